The number of aliphatic imine (C=N–C) groups is 1. The standard InChI is InChI=1S/C26H26ClFN4O3S/c27-21-13-17(28)4-7-19(21)24-20(6-3-16-1-2-16)22(30-25(31-24)26-29-9-12-36-26)15-32-10-11-35-18(14-32)5-8-23(33)34/h4,7,9,12-13,16,18,24H,1-2,5,8,10-11,14-15H2,(H,30,31)(H,33,34)/t18-,24?/m1/s1. The number of rotatable bonds is 7. The third kappa shape index (κ3) is 6.13. The molecule has 1 saturated heterocycles. The van der Waals surface area contributed by atoms with E-state index in [9.17, 15) is 9.18 Å². The van der Waals surface area contributed by atoms with Crippen molar-refractivity contribution in [3.63, 3.8) is 0 Å². The molecule has 2 atom stereocenters. The summed E-state index contributed by atoms with van der Waals surface area (Å²) >= 11 is 7.98. The highest BCUT2D eigenvalue weighted by molar-refractivity contribution is 7.11. The van der Waals surface area contributed by atoms with Crippen molar-refractivity contribution in [2.24, 2.45) is 10.9 Å². The molecule has 188 valence electrons. The number of halogens is 2. The second kappa shape index (κ2) is 11.1. The van der Waals surface area contributed by atoms with Gasteiger partial charge in [-0.25, -0.2) is 9.37 Å². The van der Waals surface area contributed by atoms with Crippen LogP contribution < -0.4 is 5.32 Å². The van der Waals surface area contributed by atoms with E-state index in [4.69, 9.17) is 26.4 Å². The Hall–Kier alpha value is -2.77. The van der Waals surface area contributed by atoms with E-state index in [0.29, 0.717) is 55.0 Å². The average molecular weight is 529 g/mol. The van der Waals surface area contributed by atoms with Crippen LogP contribution in [0.25, 0.3) is 0 Å². The van der Waals surface area contributed by atoms with Crippen molar-refractivity contribution in [1.29, 1.82) is 0 Å². The molecule has 5 rings (SSSR count). The van der Waals surface area contributed by atoms with Gasteiger partial charge in [-0.05, 0) is 31.4 Å². The summed E-state index contributed by atoms with van der Waals surface area (Å²) in [4.78, 5) is 22.7. The van der Waals surface area contributed by atoms with Gasteiger partial charge in [-0.3, -0.25) is 14.7 Å². The van der Waals surface area contributed by atoms with E-state index in [-0.39, 0.29) is 12.5 Å². The Bertz CT molecular complexity index is 1250. The SMILES string of the molecule is O=C(O)CC[C@@H]1CN(CC2=C(C#CC3CC3)C(c3ccc(F)cc3Cl)N=C(c3nccs3)N2)CCO1. The van der Waals surface area contributed by atoms with Gasteiger partial charge in [0.25, 0.3) is 0 Å². The molecule has 1 saturated carbocycles. The lowest BCUT2D eigenvalue weighted by Gasteiger charge is -2.35. The second-order valence-electron chi connectivity index (χ2n) is 9.10. The highest BCUT2D eigenvalue weighted by atomic mass is 35.5. The predicted octanol–water partition coefficient (Wildman–Crippen LogP) is 4.26. The number of hydrogen-bond donors (Lipinski definition) is 2. The Morgan fingerprint density at radius 1 is 1.39 bits per heavy atom. The van der Waals surface area contributed by atoms with Crippen LogP contribution in [-0.4, -0.2) is 59.1 Å². The lowest BCUT2D eigenvalue weighted by molar-refractivity contribution is -0.138. The summed E-state index contributed by atoms with van der Waals surface area (Å²) in [6.07, 6.45) is 4.30. The number of carboxylic acids is 1. The molecule has 3 heterocycles. The van der Waals surface area contributed by atoms with Crippen LogP contribution in [0.5, 0.6) is 0 Å². The van der Waals surface area contributed by atoms with Gasteiger partial charge in [0, 0.05) is 59.8 Å². The first kappa shape index (κ1) is 24.9. The number of ether oxygens (including phenoxy) is 1. The van der Waals surface area contributed by atoms with Crippen LogP contribution in [0.15, 0.2) is 46.0 Å². The van der Waals surface area contributed by atoms with Gasteiger partial charge in [0.15, 0.2) is 10.8 Å². The molecule has 1 aliphatic carbocycles. The zero-order valence-corrected chi connectivity index (χ0v) is 21.1. The van der Waals surface area contributed by atoms with E-state index in [1.807, 2.05) is 5.38 Å². The summed E-state index contributed by atoms with van der Waals surface area (Å²) in [7, 11) is 0. The molecule has 36 heavy (non-hydrogen) atoms. The zero-order chi connectivity index (χ0) is 25.1. The van der Waals surface area contributed by atoms with Crippen molar-refractivity contribution in [3.8, 4) is 11.8 Å². The van der Waals surface area contributed by atoms with Gasteiger partial charge >= 0.3 is 5.97 Å². The van der Waals surface area contributed by atoms with Gasteiger partial charge < -0.3 is 15.2 Å². The van der Waals surface area contributed by atoms with Crippen molar-refractivity contribution >= 4 is 34.7 Å². The molecule has 3 aliphatic rings. The number of morpholine rings is 1. The van der Waals surface area contributed by atoms with Crippen LogP contribution in [0.2, 0.25) is 5.02 Å². The molecule has 0 spiro atoms. The molecular weight excluding hydrogens is 503 g/mol. The Balaban J connectivity index is 1.50. The number of nitrogens with zero attached hydrogens (tertiary/aromatic N) is 3. The van der Waals surface area contributed by atoms with E-state index < -0.39 is 17.8 Å². The molecule has 0 amide bonds. The maximum Gasteiger partial charge on any atom is 0.303 e. The van der Waals surface area contributed by atoms with E-state index in [2.05, 4.69) is 27.0 Å². The van der Waals surface area contributed by atoms with Crippen molar-refractivity contribution in [3.05, 3.63) is 62.5 Å². The molecule has 1 unspecified atom stereocenters. The number of nitrogens with one attached hydrogen (secondary N) is 1. The predicted molar refractivity (Wildman–Crippen MR) is 137 cm³/mol. The Morgan fingerprint density at radius 3 is 2.97 bits per heavy atom. The van der Waals surface area contributed by atoms with Crippen LogP contribution in [0.3, 0.4) is 0 Å². The minimum atomic E-state index is -0.826. The monoisotopic (exact) mass is 528 g/mol. The highest BCUT2D eigenvalue weighted by Crippen LogP contribution is 2.37. The molecule has 0 bridgehead atoms. The smallest absolute Gasteiger partial charge is 0.303 e. The van der Waals surface area contributed by atoms with Crippen molar-refractivity contribution in [2.45, 2.75) is 37.8 Å². The molecule has 2 aliphatic heterocycles. The summed E-state index contributed by atoms with van der Waals surface area (Å²) in [5.74, 6) is 6.52. The normalized spacial score (nSPS) is 22.4. The fourth-order valence-corrected chi connectivity index (χ4v) is 5.14. The number of thiazole rings is 1. The zero-order valence-electron chi connectivity index (χ0n) is 19.5. The van der Waals surface area contributed by atoms with Gasteiger partial charge in [0.05, 0.1) is 18.3 Å². The fourth-order valence-electron chi connectivity index (χ4n) is 4.28. The van der Waals surface area contributed by atoms with E-state index in [1.165, 1.54) is 23.5 Å². The van der Waals surface area contributed by atoms with E-state index in [0.717, 1.165) is 29.1 Å². The molecule has 2 fully saturated rings. The van der Waals surface area contributed by atoms with Gasteiger partial charge in [-0.2, -0.15) is 0 Å². The molecule has 0 radical (unpaired) electrons. The lowest BCUT2D eigenvalue weighted by atomic mass is 9.95. The number of hydrogen-bond acceptors (Lipinski definition) is 7. The van der Waals surface area contributed by atoms with Gasteiger partial charge in [0.1, 0.15) is 11.9 Å². The van der Waals surface area contributed by atoms with E-state index in [1.54, 1.807) is 12.3 Å². The van der Waals surface area contributed by atoms with Crippen LogP contribution in [0.1, 0.15) is 42.3 Å². The summed E-state index contributed by atoms with van der Waals surface area (Å²) in [5.41, 5.74) is 2.39. The molecule has 1 aromatic heterocycles. The maximum absolute atomic E-state index is 13.9. The van der Waals surface area contributed by atoms with Gasteiger partial charge in [0.2, 0.25) is 0 Å². The summed E-state index contributed by atoms with van der Waals surface area (Å²) in [6.45, 7) is 2.42. The molecule has 7 nitrogen and oxygen atoms in total. The Morgan fingerprint density at radius 2 is 2.25 bits per heavy atom. The summed E-state index contributed by atoms with van der Waals surface area (Å²) in [6, 6.07) is 3.87. The first-order valence-corrected chi connectivity index (χ1v) is 13.2. The van der Waals surface area contributed by atoms with Gasteiger partial charge in [-0.1, -0.05) is 29.5 Å². The number of amidine groups is 1. The molecule has 1 aromatic carbocycles. The minimum absolute atomic E-state index is 0.0730. The maximum atomic E-state index is 13.9. The van der Waals surface area contributed by atoms with Crippen molar-refractivity contribution in [1.82, 2.24) is 15.2 Å². The lowest BCUT2D eigenvalue weighted by Crippen LogP contribution is -2.46. The summed E-state index contributed by atoms with van der Waals surface area (Å²) in [5, 5.41) is 15.5. The molecule has 2 aromatic rings. The number of carbonyl (C=O) groups is 1. The molecule has 10 heteroatoms. The largest absolute Gasteiger partial charge is 0.481 e. The second-order valence-corrected chi connectivity index (χ2v) is 10.4. The first-order valence-electron chi connectivity index (χ1n) is 12.0. The molecular formula is C26H26ClFN4O3S. The average Bonchev–Trinajstić information content (AvgIpc) is 3.52. The topological polar surface area (TPSA) is 87.0 Å². The van der Waals surface area contributed by atoms with E-state index >= 15 is 0 Å². The van der Waals surface area contributed by atoms with Crippen LogP contribution in [0, 0.1) is 23.6 Å². The fraction of sp³-hybridized carbons (Fsp3) is 0.423. The van der Waals surface area contributed by atoms with Crippen LogP contribution in [-0.2, 0) is 9.53 Å². The quantitative estimate of drug-likeness (QED) is 0.522. The summed E-state index contributed by atoms with van der Waals surface area (Å²) < 4.78 is 19.7. The number of carboxylic acid groups (broad SMARTS) is 1. The third-order valence-corrected chi connectivity index (χ3v) is 7.40. The van der Waals surface area contributed by atoms with Gasteiger partial charge in [-0.15, -0.1) is 11.3 Å². The van der Waals surface area contributed by atoms with Crippen molar-refractivity contribution < 1.29 is 19.0 Å². The van der Waals surface area contributed by atoms with Crippen molar-refractivity contribution in [2.75, 3.05) is 26.2 Å². The highest BCUT2D eigenvalue weighted by Gasteiger charge is 2.31. The van der Waals surface area contributed by atoms with Crippen LogP contribution >= 0.6 is 22.9 Å². The van der Waals surface area contributed by atoms with Crippen LogP contribution in [0.4, 0.5) is 4.39 Å². The minimum Gasteiger partial charge on any atom is -0.481 e. The number of benzene rings is 1. The Labute approximate surface area is 218 Å². The Kier molecular flexibility index (Phi) is 7.67. The third-order valence-electron chi connectivity index (χ3n) is 6.29. The number of aromatic nitrogens is 1. The molecule has 2 N–H and O–H groups in total. The number of aliphatic carboxylic acids is 1. The first-order chi connectivity index (χ1) is 17.5.